The van der Waals surface area contributed by atoms with Crippen LogP contribution in [0.25, 0.3) is 10.8 Å². The van der Waals surface area contributed by atoms with Crippen molar-refractivity contribution in [1.29, 1.82) is 0 Å². The summed E-state index contributed by atoms with van der Waals surface area (Å²) in [7, 11) is 0. The van der Waals surface area contributed by atoms with Crippen molar-refractivity contribution >= 4 is 28.5 Å². The number of hydrogen-bond donors (Lipinski definition) is 3. The topological polar surface area (TPSA) is 100 Å². The maximum atomic E-state index is 12.6. The summed E-state index contributed by atoms with van der Waals surface area (Å²) in [6, 6.07) is 17.7. The summed E-state index contributed by atoms with van der Waals surface area (Å²) in [5.41, 5.74) is 5.76. The molecule has 0 unspecified atom stereocenters. The number of carbonyl (C=O) groups excluding carboxylic acids is 3. The minimum atomic E-state index is -0.795. The van der Waals surface area contributed by atoms with Gasteiger partial charge in [0.1, 0.15) is 11.7 Å². The molecule has 154 valence electrons. The highest BCUT2D eigenvalue weighted by Gasteiger charge is 2.25. The first kappa shape index (κ1) is 21.0. The van der Waals surface area contributed by atoms with E-state index in [9.17, 15) is 14.4 Å². The van der Waals surface area contributed by atoms with Crippen LogP contribution in [0.1, 0.15) is 29.9 Å². The van der Waals surface area contributed by atoms with Gasteiger partial charge in [0.05, 0.1) is 6.42 Å². The molecule has 0 aliphatic rings. The first-order valence-electron chi connectivity index (χ1n) is 9.73. The molecule has 3 aromatic rings. The van der Waals surface area contributed by atoms with Crippen LogP contribution in [0, 0.1) is 5.92 Å². The number of carbonyl (C=O) groups is 3. The Hall–Kier alpha value is -3.74. The van der Waals surface area contributed by atoms with Crippen LogP contribution in [0.2, 0.25) is 0 Å². The van der Waals surface area contributed by atoms with Gasteiger partial charge in [0.15, 0.2) is 0 Å². The molecule has 3 amide bonds. The van der Waals surface area contributed by atoms with E-state index in [0.717, 1.165) is 16.3 Å². The van der Waals surface area contributed by atoms with E-state index in [4.69, 9.17) is 0 Å². The zero-order valence-corrected chi connectivity index (χ0v) is 16.9. The van der Waals surface area contributed by atoms with E-state index in [1.165, 1.54) is 12.3 Å². The van der Waals surface area contributed by atoms with Gasteiger partial charge in [-0.25, -0.2) is 0 Å². The fraction of sp³-hybridized carbons (Fsp3) is 0.217. The number of nitrogens with zero attached hydrogens (tertiary/aromatic N) is 1. The fourth-order valence-corrected chi connectivity index (χ4v) is 3.14. The van der Waals surface area contributed by atoms with Gasteiger partial charge < -0.3 is 5.32 Å². The van der Waals surface area contributed by atoms with Gasteiger partial charge in [-0.05, 0) is 34.4 Å². The summed E-state index contributed by atoms with van der Waals surface area (Å²) in [5.74, 6) is -1.47. The quantitative estimate of drug-likeness (QED) is 0.549. The Morgan fingerprint density at radius 2 is 1.63 bits per heavy atom. The minimum Gasteiger partial charge on any atom is -0.344 e. The van der Waals surface area contributed by atoms with E-state index in [-0.39, 0.29) is 23.9 Å². The third kappa shape index (κ3) is 5.20. The molecule has 2 aromatic carbocycles. The number of aromatic nitrogens is 1. The van der Waals surface area contributed by atoms with Crippen LogP contribution in [-0.4, -0.2) is 28.7 Å². The Labute approximate surface area is 174 Å². The lowest BCUT2D eigenvalue weighted by Crippen LogP contribution is -2.54. The lowest BCUT2D eigenvalue weighted by Gasteiger charge is -2.22. The predicted octanol–water partition coefficient (Wildman–Crippen LogP) is 2.38. The lowest BCUT2D eigenvalue weighted by molar-refractivity contribution is -0.130. The van der Waals surface area contributed by atoms with E-state index in [0.29, 0.717) is 0 Å². The third-order valence-electron chi connectivity index (χ3n) is 4.69. The van der Waals surface area contributed by atoms with Crippen molar-refractivity contribution in [2.45, 2.75) is 26.3 Å². The number of benzene rings is 2. The second-order valence-corrected chi connectivity index (χ2v) is 7.26. The van der Waals surface area contributed by atoms with E-state index in [1.807, 2.05) is 56.3 Å². The van der Waals surface area contributed by atoms with E-state index in [1.54, 1.807) is 12.1 Å². The summed E-state index contributed by atoms with van der Waals surface area (Å²) in [6.45, 7) is 3.64. The van der Waals surface area contributed by atoms with Crippen LogP contribution in [-0.2, 0) is 16.0 Å². The van der Waals surface area contributed by atoms with Gasteiger partial charge >= 0.3 is 0 Å². The third-order valence-corrected chi connectivity index (χ3v) is 4.69. The summed E-state index contributed by atoms with van der Waals surface area (Å²) >= 11 is 0. The van der Waals surface area contributed by atoms with Crippen LogP contribution >= 0.6 is 0 Å². The van der Waals surface area contributed by atoms with Gasteiger partial charge in [0.25, 0.3) is 11.8 Å². The molecule has 7 nitrogen and oxygen atoms in total. The molecule has 3 rings (SSSR count). The number of hydrazine groups is 1. The highest BCUT2D eigenvalue weighted by molar-refractivity contribution is 5.95. The molecule has 0 saturated heterocycles. The van der Waals surface area contributed by atoms with Crippen LogP contribution in [0.4, 0.5) is 0 Å². The van der Waals surface area contributed by atoms with Crippen LogP contribution in [0.3, 0.4) is 0 Å². The number of hydrogen-bond acceptors (Lipinski definition) is 4. The molecular weight excluding hydrogens is 380 g/mol. The summed E-state index contributed by atoms with van der Waals surface area (Å²) in [6.07, 6.45) is 1.64. The van der Waals surface area contributed by atoms with Crippen molar-refractivity contribution in [1.82, 2.24) is 21.2 Å². The van der Waals surface area contributed by atoms with Crippen molar-refractivity contribution in [3.63, 3.8) is 0 Å². The molecule has 1 heterocycles. The molecule has 3 N–H and O–H groups in total. The predicted molar refractivity (Wildman–Crippen MR) is 114 cm³/mol. The second kappa shape index (κ2) is 9.65. The zero-order chi connectivity index (χ0) is 21.5. The smallest absolute Gasteiger partial charge is 0.288 e. The van der Waals surface area contributed by atoms with Gasteiger partial charge in [0.2, 0.25) is 5.91 Å². The lowest BCUT2D eigenvalue weighted by atomic mass is 10.0. The summed E-state index contributed by atoms with van der Waals surface area (Å²) < 4.78 is 0. The number of rotatable bonds is 6. The Morgan fingerprint density at radius 3 is 2.37 bits per heavy atom. The molecular formula is C23H24N4O3. The van der Waals surface area contributed by atoms with Crippen molar-refractivity contribution in [2.24, 2.45) is 5.92 Å². The molecule has 1 aromatic heterocycles. The molecule has 0 aliphatic heterocycles. The Bertz CT molecular complexity index is 1050. The molecule has 0 aliphatic carbocycles. The number of pyridine rings is 1. The van der Waals surface area contributed by atoms with Gasteiger partial charge in [-0.3, -0.25) is 30.2 Å². The van der Waals surface area contributed by atoms with Crippen LogP contribution in [0.15, 0.2) is 66.9 Å². The van der Waals surface area contributed by atoms with Gasteiger partial charge in [-0.15, -0.1) is 0 Å². The fourth-order valence-electron chi connectivity index (χ4n) is 3.14. The summed E-state index contributed by atoms with van der Waals surface area (Å²) in [4.78, 5) is 41.2. The Morgan fingerprint density at radius 1 is 0.900 bits per heavy atom. The molecule has 0 saturated carbocycles. The van der Waals surface area contributed by atoms with Crippen LogP contribution in [0.5, 0.6) is 0 Å². The minimum absolute atomic E-state index is 0.151. The molecule has 1 atom stereocenters. The van der Waals surface area contributed by atoms with Gasteiger partial charge in [-0.1, -0.05) is 62.4 Å². The maximum absolute atomic E-state index is 12.6. The van der Waals surface area contributed by atoms with Crippen molar-refractivity contribution in [2.75, 3.05) is 0 Å². The second-order valence-electron chi connectivity index (χ2n) is 7.26. The molecule has 0 spiro atoms. The van der Waals surface area contributed by atoms with Crippen LogP contribution < -0.4 is 16.2 Å². The normalized spacial score (nSPS) is 11.7. The first-order valence-corrected chi connectivity index (χ1v) is 9.73. The van der Waals surface area contributed by atoms with E-state index >= 15 is 0 Å². The maximum Gasteiger partial charge on any atom is 0.288 e. The zero-order valence-electron chi connectivity index (χ0n) is 16.9. The molecule has 7 heteroatoms. The average Bonchev–Trinajstić information content (AvgIpc) is 2.76. The average molecular weight is 404 g/mol. The number of amides is 3. The van der Waals surface area contributed by atoms with Crippen molar-refractivity contribution in [3.8, 4) is 0 Å². The highest BCUT2D eigenvalue weighted by Crippen LogP contribution is 2.19. The largest absolute Gasteiger partial charge is 0.344 e. The molecule has 0 bridgehead atoms. The van der Waals surface area contributed by atoms with E-state index in [2.05, 4.69) is 21.2 Å². The van der Waals surface area contributed by atoms with E-state index < -0.39 is 17.9 Å². The monoisotopic (exact) mass is 404 g/mol. The van der Waals surface area contributed by atoms with Crippen molar-refractivity contribution in [3.05, 3.63) is 78.1 Å². The summed E-state index contributed by atoms with van der Waals surface area (Å²) in [5, 5.41) is 4.83. The standard InChI is InChI=1S/C23H24N4O3/c1-15(2)21(23(30)27-26-22(29)19-12-5-6-13-24-19)25-20(28)14-17-10-7-9-16-8-3-4-11-18(16)17/h3-13,15,21H,14H2,1-2H3,(H,25,28)(H,26,29)(H,27,30)/t21-/m0/s1. The van der Waals surface area contributed by atoms with Gasteiger partial charge in [-0.2, -0.15) is 0 Å². The Balaban J connectivity index is 1.62. The SMILES string of the molecule is CC(C)[C@H](NC(=O)Cc1cccc2ccccc12)C(=O)NNC(=O)c1ccccn1. The highest BCUT2D eigenvalue weighted by atomic mass is 16.2. The molecule has 30 heavy (non-hydrogen) atoms. The Kier molecular flexibility index (Phi) is 6.75. The number of fused-ring (bicyclic) bond motifs is 1. The number of nitrogens with one attached hydrogen (secondary N) is 3. The molecule has 0 fully saturated rings. The van der Waals surface area contributed by atoms with Crippen molar-refractivity contribution < 1.29 is 14.4 Å². The first-order chi connectivity index (χ1) is 14.5. The molecule has 0 radical (unpaired) electrons. The van der Waals surface area contributed by atoms with Gasteiger partial charge in [0, 0.05) is 6.20 Å².